The van der Waals surface area contributed by atoms with Gasteiger partial charge in [-0.2, -0.15) is 0 Å². The van der Waals surface area contributed by atoms with E-state index in [1.54, 1.807) is 14.0 Å². The van der Waals surface area contributed by atoms with Gasteiger partial charge in [0.2, 0.25) is 0 Å². The number of nitrogens with zero attached hydrogens (tertiary/aromatic N) is 1. The molecule has 5 heteroatoms. The van der Waals surface area contributed by atoms with E-state index in [2.05, 4.69) is 10.3 Å². The summed E-state index contributed by atoms with van der Waals surface area (Å²) in [5, 5.41) is 22.2. The van der Waals surface area contributed by atoms with Crippen molar-refractivity contribution in [1.29, 1.82) is 0 Å². The predicted octanol–water partition coefficient (Wildman–Crippen LogP) is 0.533. The third-order valence-corrected chi connectivity index (χ3v) is 2.35. The van der Waals surface area contributed by atoms with E-state index >= 15 is 0 Å². The molecule has 0 bridgehead atoms. The van der Waals surface area contributed by atoms with Crippen molar-refractivity contribution in [1.82, 2.24) is 10.3 Å². The molecular formula is C11H17FN2O2. The molecule has 2 atom stereocenters. The van der Waals surface area contributed by atoms with Gasteiger partial charge in [-0.25, -0.2) is 4.39 Å². The maximum atomic E-state index is 13.4. The van der Waals surface area contributed by atoms with Crippen molar-refractivity contribution in [3.63, 3.8) is 0 Å². The number of aliphatic hydroxyl groups is 2. The molecule has 0 aliphatic rings. The minimum Gasteiger partial charge on any atom is -0.390 e. The molecule has 0 aliphatic heterocycles. The zero-order chi connectivity index (χ0) is 12.1. The van der Waals surface area contributed by atoms with Gasteiger partial charge in [0.1, 0.15) is 17.6 Å². The van der Waals surface area contributed by atoms with Crippen LogP contribution in [0.1, 0.15) is 23.9 Å². The number of rotatable bonds is 5. The van der Waals surface area contributed by atoms with Gasteiger partial charge >= 0.3 is 0 Å². The van der Waals surface area contributed by atoms with Crippen LogP contribution in [0, 0.1) is 12.7 Å². The molecule has 1 rings (SSSR count). The second kappa shape index (κ2) is 5.89. The third kappa shape index (κ3) is 3.23. The largest absolute Gasteiger partial charge is 0.390 e. The van der Waals surface area contributed by atoms with Crippen molar-refractivity contribution in [2.75, 3.05) is 13.6 Å². The smallest absolute Gasteiger partial charge is 0.147 e. The summed E-state index contributed by atoms with van der Waals surface area (Å²) >= 11 is 0. The zero-order valence-corrected chi connectivity index (χ0v) is 9.44. The first-order valence-corrected chi connectivity index (χ1v) is 5.20. The van der Waals surface area contributed by atoms with E-state index in [4.69, 9.17) is 0 Å². The van der Waals surface area contributed by atoms with Crippen molar-refractivity contribution in [2.45, 2.75) is 25.6 Å². The molecular weight excluding hydrogens is 211 g/mol. The highest BCUT2D eigenvalue weighted by molar-refractivity contribution is 5.15. The van der Waals surface area contributed by atoms with Gasteiger partial charge in [-0.15, -0.1) is 0 Å². The molecule has 0 saturated carbocycles. The summed E-state index contributed by atoms with van der Waals surface area (Å²) in [7, 11) is 1.74. The molecule has 0 spiro atoms. The summed E-state index contributed by atoms with van der Waals surface area (Å²) in [4.78, 5) is 3.90. The standard InChI is InChI=1S/C11H17FN2O2/c1-7-3-4-8(12)10(14-7)11(16)9(15)5-6-13-2/h3-4,9,11,13,15-16H,5-6H2,1-2H3. The number of pyridine rings is 1. The lowest BCUT2D eigenvalue weighted by molar-refractivity contribution is 0.00922. The molecule has 1 heterocycles. The van der Waals surface area contributed by atoms with E-state index in [0.29, 0.717) is 18.7 Å². The Morgan fingerprint density at radius 1 is 1.44 bits per heavy atom. The fourth-order valence-corrected chi connectivity index (χ4v) is 1.40. The van der Waals surface area contributed by atoms with E-state index in [1.165, 1.54) is 12.1 Å². The highest BCUT2D eigenvalue weighted by Gasteiger charge is 2.22. The molecule has 0 aliphatic carbocycles. The van der Waals surface area contributed by atoms with E-state index in [0.717, 1.165) is 0 Å². The van der Waals surface area contributed by atoms with Crippen LogP contribution in [0.15, 0.2) is 12.1 Å². The van der Waals surface area contributed by atoms with Crippen LogP contribution in [0.4, 0.5) is 4.39 Å². The molecule has 0 radical (unpaired) electrons. The first-order chi connectivity index (χ1) is 7.56. The monoisotopic (exact) mass is 228 g/mol. The molecule has 90 valence electrons. The highest BCUT2D eigenvalue weighted by Crippen LogP contribution is 2.20. The third-order valence-electron chi connectivity index (χ3n) is 2.35. The number of hydrogen-bond acceptors (Lipinski definition) is 4. The van der Waals surface area contributed by atoms with Crippen molar-refractivity contribution in [3.8, 4) is 0 Å². The molecule has 4 nitrogen and oxygen atoms in total. The van der Waals surface area contributed by atoms with Gasteiger partial charge in [-0.3, -0.25) is 4.98 Å². The number of nitrogens with one attached hydrogen (secondary N) is 1. The van der Waals surface area contributed by atoms with Crippen LogP contribution in [0.2, 0.25) is 0 Å². The average Bonchev–Trinajstić information content (AvgIpc) is 2.28. The Labute approximate surface area is 94.1 Å². The lowest BCUT2D eigenvalue weighted by Crippen LogP contribution is -2.24. The Morgan fingerprint density at radius 2 is 2.12 bits per heavy atom. The number of aliphatic hydroxyl groups excluding tert-OH is 2. The molecule has 16 heavy (non-hydrogen) atoms. The number of halogens is 1. The van der Waals surface area contributed by atoms with Gasteiger partial charge < -0.3 is 15.5 Å². The summed E-state index contributed by atoms with van der Waals surface area (Å²) in [5.41, 5.74) is 0.514. The van der Waals surface area contributed by atoms with Crippen LogP contribution in [-0.4, -0.2) is 34.9 Å². The van der Waals surface area contributed by atoms with E-state index in [9.17, 15) is 14.6 Å². The average molecular weight is 228 g/mol. The van der Waals surface area contributed by atoms with Crippen LogP contribution in [0.3, 0.4) is 0 Å². The van der Waals surface area contributed by atoms with Crippen LogP contribution < -0.4 is 5.32 Å². The lowest BCUT2D eigenvalue weighted by atomic mass is 10.1. The SMILES string of the molecule is CNCCC(O)C(O)c1nc(C)ccc1F. The second-order valence-electron chi connectivity index (χ2n) is 3.72. The summed E-state index contributed by atoms with van der Waals surface area (Å²) in [6, 6.07) is 2.76. The quantitative estimate of drug-likeness (QED) is 0.688. The van der Waals surface area contributed by atoms with Gasteiger partial charge in [-0.1, -0.05) is 0 Å². The Bertz CT molecular complexity index is 347. The van der Waals surface area contributed by atoms with Crippen molar-refractivity contribution < 1.29 is 14.6 Å². The van der Waals surface area contributed by atoms with Gasteiger partial charge in [-0.05, 0) is 39.1 Å². The normalized spacial score (nSPS) is 14.8. The summed E-state index contributed by atoms with van der Waals surface area (Å²) in [6.45, 7) is 2.25. The van der Waals surface area contributed by atoms with Crippen molar-refractivity contribution in [3.05, 3.63) is 29.3 Å². The zero-order valence-electron chi connectivity index (χ0n) is 9.44. The molecule has 2 unspecified atom stereocenters. The molecule has 3 N–H and O–H groups in total. The Morgan fingerprint density at radius 3 is 2.75 bits per heavy atom. The Hall–Kier alpha value is -1.04. The fourth-order valence-electron chi connectivity index (χ4n) is 1.40. The van der Waals surface area contributed by atoms with Crippen LogP contribution in [-0.2, 0) is 0 Å². The molecule has 1 aromatic heterocycles. The predicted molar refractivity (Wildman–Crippen MR) is 58.4 cm³/mol. The van der Waals surface area contributed by atoms with Gasteiger partial charge in [0.25, 0.3) is 0 Å². The summed E-state index contributed by atoms with van der Waals surface area (Å²) < 4.78 is 13.4. The van der Waals surface area contributed by atoms with Crippen molar-refractivity contribution in [2.24, 2.45) is 0 Å². The first kappa shape index (κ1) is 13.0. The molecule has 0 amide bonds. The van der Waals surface area contributed by atoms with Crippen LogP contribution >= 0.6 is 0 Å². The van der Waals surface area contributed by atoms with Crippen LogP contribution in [0.25, 0.3) is 0 Å². The van der Waals surface area contributed by atoms with Crippen molar-refractivity contribution >= 4 is 0 Å². The molecule has 0 fully saturated rings. The van der Waals surface area contributed by atoms with E-state index in [-0.39, 0.29) is 5.69 Å². The topological polar surface area (TPSA) is 65.4 Å². The van der Waals surface area contributed by atoms with Gasteiger partial charge in [0.05, 0.1) is 6.10 Å². The highest BCUT2D eigenvalue weighted by atomic mass is 19.1. The molecule has 0 saturated heterocycles. The lowest BCUT2D eigenvalue weighted by Gasteiger charge is -2.17. The minimum atomic E-state index is -1.28. The maximum Gasteiger partial charge on any atom is 0.147 e. The first-order valence-electron chi connectivity index (χ1n) is 5.20. The van der Waals surface area contributed by atoms with E-state index in [1.807, 2.05) is 0 Å². The summed E-state index contributed by atoms with van der Waals surface area (Å²) in [5.74, 6) is -0.596. The molecule has 0 aromatic carbocycles. The number of aryl methyl sites for hydroxylation is 1. The summed E-state index contributed by atoms with van der Waals surface area (Å²) in [6.07, 6.45) is -1.96. The van der Waals surface area contributed by atoms with Gasteiger partial charge in [0.15, 0.2) is 0 Å². The Kier molecular flexibility index (Phi) is 4.79. The minimum absolute atomic E-state index is 0.0939. The number of aromatic nitrogens is 1. The van der Waals surface area contributed by atoms with Gasteiger partial charge in [0, 0.05) is 5.69 Å². The second-order valence-corrected chi connectivity index (χ2v) is 3.72. The van der Waals surface area contributed by atoms with E-state index < -0.39 is 18.0 Å². The number of hydrogen-bond donors (Lipinski definition) is 3. The van der Waals surface area contributed by atoms with Crippen LogP contribution in [0.5, 0.6) is 0 Å². The Balaban J connectivity index is 2.78. The molecule has 1 aromatic rings. The fraction of sp³-hybridized carbons (Fsp3) is 0.545. The maximum absolute atomic E-state index is 13.4.